The summed E-state index contributed by atoms with van der Waals surface area (Å²) >= 11 is 0. The molecule has 0 radical (unpaired) electrons. The molecule has 1 heterocycles. The smallest absolute Gasteiger partial charge is 0.338 e. The van der Waals surface area contributed by atoms with Crippen LogP contribution in [-0.2, 0) is 22.6 Å². The molecule has 7 heteroatoms. The zero-order valence-corrected chi connectivity index (χ0v) is 21.1. The summed E-state index contributed by atoms with van der Waals surface area (Å²) in [6, 6.07) is 18.1. The van der Waals surface area contributed by atoms with Crippen molar-refractivity contribution in [2.75, 3.05) is 12.4 Å². The Balaban J connectivity index is 1.66. The van der Waals surface area contributed by atoms with Gasteiger partial charge in [-0.05, 0) is 71.4 Å². The van der Waals surface area contributed by atoms with Gasteiger partial charge in [0.15, 0.2) is 5.60 Å². The van der Waals surface area contributed by atoms with E-state index in [1.54, 1.807) is 48.5 Å². The normalized spacial score (nSPS) is 14.4. The van der Waals surface area contributed by atoms with Crippen LogP contribution in [0.15, 0.2) is 73.3 Å². The van der Waals surface area contributed by atoms with Crippen LogP contribution in [-0.4, -0.2) is 29.7 Å². The van der Waals surface area contributed by atoms with Crippen LogP contribution in [0.2, 0.25) is 0 Å². The summed E-state index contributed by atoms with van der Waals surface area (Å²) in [5.74, 6) is -0.936. The second-order valence-electron chi connectivity index (χ2n) is 10.1. The molecule has 2 N–H and O–H groups in total. The first kappa shape index (κ1) is 26.1. The van der Waals surface area contributed by atoms with Crippen molar-refractivity contribution in [2.45, 2.75) is 38.9 Å². The molecule has 0 saturated carbocycles. The van der Waals surface area contributed by atoms with E-state index in [0.29, 0.717) is 40.1 Å². The number of benzene rings is 3. The molecule has 0 aromatic heterocycles. The number of rotatable bonds is 9. The number of esters is 1. The number of methoxy groups -OCH3 is 1. The molecule has 1 atom stereocenters. The molecule has 6 nitrogen and oxygen atoms in total. The standard InChI is InChI=1S/C30H30FNO5/c1-19(20-8-6-5-7-9-20)30(35,18-29(2,3)16-21-14-23(31)10-13-26(21)36-4)28(34)32-24-11-12-25-22(15-24)17-37-27(25)33/h5-15,35H,1,16-18H2,2-4H3,(H,32,34). The summed E-state index contributed by atoms with van der Waals surface area (Å²) in [4.78, 5) is 25.5. The fourth-order valence-electron chi connectivity index (χ4n) is 4.80. The van der Waals surface area contributed by atoms with Crippen LogP contribution < -0.4 is 10.1 Å². The molecule has 3 aromatic rings. The number of anilines is 1. The van der Waals surface area contributed by atoms with E-state index >= 15 is 0 Å². The molecule has 0 bridgehead atoms. The number of ether oxygens (including phenoxy) is 2. The third-order valence-electron chi connectivity index (χ3n) is 6.58. The SMILES string of the molecule is C=C(c1ccccc1)C(O)(CC(C)(C)Cc1cc(F)ccc1OC)C(=O)Nc1ccc2c(c1)COC2=O. The van der Waals surface area contributed by atoms with E-state index in [4.69, 9.17) is 9.47 Å². The number of nitrogens with one attached hydrogen (secondary N) is 1. The highest BCUT2D eigenvalue weighted by molar-refractivity contribution is 6.06. The van der Waals surface area contributed by atoms with Gasteiger partial charge in [-0.25, -0.2) is 9.18 Å². The fourth-order valence-corrected chi connectivity index (χ4v) is 4.80. The summed E-state index contributed by atoms with van der Waals surface area (Å²) < 4.78 is 24.5. The predicted molar refractivity (Wildman–Crippen MR) is 140 cm³/mol. The lowest BCUT2D eigenvalue weighted by Gasteiger charge is -2.37. The number of hydrogen-bond donors (Lipinski definition) is 2. The first-order valence-electron chi connectivity index (χ1n) is 11.9. The Kier molecular flexibility index (Phi) is 7.18. The topological polar surface area (TPSA) is 84.9 Å². The molecule has 0 fully saturated rings. The second-order valence-corrected chi connectivity index (χ2v) is 10.1. The summed E-state index contributed by atoms with van der Waals surface area (Å²) in [5, 5.41) is 14.8. The largest absolute Gasteiger partial charge is 0.496 e. The highest BCUT2D eigenvalue weighted by atomic mass is 19.1. The van der Waals surface area contributed by atoms with Gasteiger partial charge in [0.25, 0.3) is 5.91 Å². The van der Waals surface area contributed by atoms with Crippen LogP contribution in [0.25, 0.3) is 5.57 Å². The molecule has 4 rings (SSSR count). The number of hydrogen-bond acceptors (Lipinski definition) is 5. The quantitative estimate of drug-likeness (QED) is 0.374. The van der Waals surface area contributed by atoms with Crippen molar-refractivity contribution in [3.63, 3.8) is 0 Å². The fraction of sp³-hybridized carbons (Fsp3) is 0.267. The average Bonchev–Trinajstić information content (AvgIpc) is 3.23. The monoisotopic (exact) mass is 503 g/mol. The number of halogens is 1. The van der Waals surface area contributed by atoms with E-state index in [9.17, 15) is 19.1 Å². The van der Waals surface area contributed by atoms with Crippen LogP contribution in [0.1, 0.15) is 47.3 Å². The number of aliphatic hydroxyl groups is 1. The van der Waals surface area contributed by atoms with E-state index in [-0.39, 0.29) is 18.6 Å². The van der Waals surface area contributed by atoms with Gasteiger partial charge in [-0.2, -0.15) is 0 Å². The van der Waals surface area contributed by atoms with Gasteiger partial charge in [0.05, 0.1) is 12.7 Å². The molecule has 1 aliphatic rings. The summed E-state index contributed by atoms with van der Waals surface area (Å²) in [6.07, 6.45) is 0.329. The van der Waals surface area contributed by atoms with Crippen molar-refractivity contribution in [3.8, 4) is 5.75 Å². The predicted octanol–water partition coefficient (Wildman–Crippen LogP) is 5.55. The molecular weight excluding hydrogens is 473 g/mol. The molecule has 0 aliphatic carbocycles. The van der Waals surface area contributed by atoms with E-state index in [1.807, 2.05) is 19.9 Å². The molecule has 0 spiro atoms. The molecule has 3 aromatic carbocycles. The summed E-state index contributed by atoms with van der Waals surface area (Å²) in [6.45, 7) is 8.02. The van der Waals surface area contributed by atoms with Crippen LogP contribution >= 0.6 is 0 Å². The van der Waals surface area contributed by atoms with Gasteiger partial charge in [0.2, 0.25) is 0 Å². The lowest BCUT2D eigenvalue weighted by Crippen LogP contribution is -2.47. The van der Waals surface area contributed by atoms with Gasteiger partial charge >= 0.3 is 5.97 Å². The molecule has 1 unspecified atom stereocenters. The van der Waals surface area contributed by atoms with E-state index < -0.39 is 28.7 Å². The molecular formula is C30H30FNO5. The van der Waals surface area contributed by atoms with Gasteiger partial charge < -0.3 is 19.9 Å². The van der Waals surface area contributed by atoms with Crippen molar-refractivity contribution in [1.82, 2.24) is 0 Å². The van der Waals surface area contributed by atoms with Crippen LogP contribution in [0, 0.1) is 11.2 Å². The Labute approximate surface area is 215 Å². The van der Waals surface area contributed by atoms with Gasteiger partial charge in [0.1, 0.15) is 18.2 Å². The van der Waals surface area contributed by atoms with Gasteiger partial charge in [-0.15, -0.1) is 0 Å². The van der Waals surface area contributed by atoms with Crippen LogP contribution in [0.4, 0.5) is 10.1 Å². The van der Waals surface area contributed by atoms with Crippen molar-refractivity contribution >= 4 is 23.1 Å². The second kappa shape index (κ2) is 10.2. The minimum absolute atomic E-state index is 0.00817. The third kappa shape index (κ3) is 5.57. The Morgan fingerprint density at radius 3 is 2.57 bits per heavy atom. The van der Waals surface area contributed by atoms with Gasteiger partial charge in [-0.3, -0.25) is 4.79 Å². The number of carbonyl (C=O) groups is 2. The maximum atomic E-state index is 14.0. The summed E-state index contributed by atoms with van der Waals surface area (Å²) in [5.41, 5.74) is 0.338. The number of fused-ring (bicyclic) bond motifs is 1. The van der Waals surface area contributed by atoms with E-state index in [2.05, 4.69) is 11.9 Å². The number of amides is 1. The maximum absolute atomic E-state index is 14.0. The molecule has 37 heavy (non-hydrogen) atoms. The van der Waals surface area contributed by atoms with Gasteiger partial charge in [0, 0.05) is 11.3 Å². The highest BCUT2D eigenvalue weighted by Gasteiger charge is 2.44. The zero-order chi connectivity index (χ0) is 26.8. The first-order chi connectivity index (χ1) is 17.5. The average molecular weight is 504 g/mol. The third-order valence-corrected chi connectivity index (χ3v) is 6.58. The highest BCUT2D eigenvalue weighted by Crippen LogP contribution is 2.41. The maximum Gasteiger partial charge on any atom is 0.338 e. The molecule has 0 saturated heterocycles. The Hall–Kier alpha value is -3.97. The van der Waals surface area contributed by atoms with Gasteiger partial charge in [-0.1, -0.05) is 50.8 Å². The van der Waals surface area contributed by atoms with Crippen molar-refractivity contribution < 1.29 is 28.6 Å². The van der Waals surface area contributed by atoms with Crippen molar-refractivity contribution in [3.05, 3.63) is 101 Å². The van der Waals surface area contributed by atoms with Crippen molar-refractivity contribution in [1.29, 1.82) is 0 Å². The van der Waals surface area contributed by atoms with E-state index in [1.165, 1.54) is 19.2 Å². The molecule has 192 valence electrons. The van der Waals surface area contributed by atoms with Crippen LogP contribution in [0.5, 0.6) is 5.75 Å². The Morgan fingerprint density at radius 2 is 1.86 bits per heavy atom. The number of carbonyl (C=O) groups excluding carboxylic acids is 2. The minimum atomic E-state index is -2.00. The lowest BCUT2D eigenvalue weighted by molar-refractivity contribution is -0.131. The Bertz CT molecular complexity index is 1350. The zero-order valence-electron chi connectivity index (χ0n) is 21.1. The number of cyclic esters (lactones) is 1. The minimum Gasteiger partial charge on any atom is -0.496 e. The summed E-state index contributed by atoms with van der Waals surface area (Å²) in [7, 11) is 1.51. The van der Waals surface area contributed by atoms with E-state index in [0.717, 1.165) is 0 Å². The van der Waals surface area contributed by atoms with Crippen molar-refractivity contribution in [2.24, 2.45) is 5.41 Å². The first-order valence-corrected chi connectivity index (χ1v) is 11.9. The Morgan fingerprint density at radius 1 is 1.14 bits per heavy atom. The van der Waals surface area contributed by atoms with Crippen LogP contribution in [0.3, 0.4) is 0 Å². The lowest BCUT2D eigenvalue weighted by atomic mass is 9.72. The molecule has 1 amide bonds. The molecule has 1 aliphatic heterocycles.